The standard InChI is InChI=1S/C17H35BNO2PS2/c1-6-17(5,7-2)22-13-19-15(21)9-8-12-23-24-16(3,4)11-10-14(18)20/h22H,6-13,18H2,1-5H3,(H,19,21). The molecule has 0 aliphatic rings. The summed E-state index contributed by atoms with van der Waals surface area (Å²) in [5.41, 5.74) is 0.258. The van der Waals surface area contributed by atoms with Crippen LogP contribution in [0.5, 0.6) is 0 Å². The molecule has 0 spiro atoms. The molecule has 0 saturated carbocycles. The SMILES string of the molecule is BC(=O)CCC(C)(C)SSCCCC(=O)NCPC(C)(CC)CC. The molecule has 3 nitrogen and oxygen atoms in total. The van der Waals surface area contributed by atoms with Crippen molar-refractivity contribution in [2.45, 2.75) is 83.0 Å². The Hall–Kier alpha value is 0.335. The first-order valence-corrected chi connectivity index (χ1v) is 12.5. The van der Waals surface area contributed by atoms with E-state index in [1.54, 1.807) is 7.85 Å². The van der Waals surface area contributed by atoms with Crippen LogP contribution in [0, 0.1) is 0 Å². The Balaban J connectivity index is 3.74. The second-order valence-corrected chi connectivity index (χ2v) is 12.2. The molecule has 0 aromatic rings. The molecular formula is C17H35BNO2PS2. The van der Waals surface area contributed by atoms with Gasteiger partial charge >= 0.3 is 0 Å². The lowest BCUT2D eigenvalue weighted by Crippen LogP contribution is -2.26. The summed E-state index contributed by atoms with van der Waals surface area (Å²) in [4.78, 5) is 23.0. The van der Waals surface area contributed by atoms with E-state index in [0.29, 0.717) is 18.0 Å². The van der Waals surface area contributed by atoms with Crippen molar-refractivity contribution in [2.75, 3.05) is 12.0 Å². The summed E-state index contributed by atoms with van der Waals surface area (Å²) in [6.45, 7) is 11.1. The summed E-state index contributed by atoms with van der Waals surface area (Å²) < 4.78 is 0.116. The van der Waals surface area contributed by atoms with E-state index < -0.39 is 0 Å². The molecule has 1 N–H and O–H groups in total. The quantitative estimate of drug-likeness (QED) is 0.209. The van der Waals surface area contributed by atoms with E-state index in [4.69, 9.17) is 0 Å². The molecule has 0 fully saturated rings. The largest absolute Gasteiger partial charge is 0.352 e. The van der Waals surface area contributed by atoms with Crippen LogP contribution in [0.15, 0.2) is 0 Å². The Morgan fingerprint density at radius 2 is 1.75 bits per heavy atom. The van der Waals surface area contributed by atoms with Gasteiger partial charge in [0.05, 0.1) is 5.68 Å². The van der Waals surface area contributed by atoms with E-state index in [0.717, 1.165) is 33.5 Å². The number of carbonyl (C=O) groups excluding carboxylic acids is 2. The zero-order chi connectivity index (χ0) is 18.6. The Labute approximate surface area is 159 Å². The normalized spacial score (nSPS) is 12.7. The van der Waals surface area contributed by atoms with Crippen molar-refractivity contribution in [3.63, 3.8) is 0 Å². The summed E-state index contributed by atoms with van der Waals surface area (Å²) in [5.74, 6) is 1.16. The van der Waals surface area contributed by atoms with Gasteiger partial charge in [0, 0.05) is 23.2 Å². The highest BCUT2D eigenvalue weighted by Gasteiger charge is 2.20. The first kappa shape index (κ1) is 24.3. The second-order valence-electron chi connectivity index (χ2n) is 7.19. The predicted molar refractivity (Wildman–Crippen MR) is 116 cm³/mol. The van der Waals surface area contributed by atoms with Crippen LogP contribution in [0.4, 0.5) is 0 Å². The minimum absolute atomic E-state index is 0.116. The van der Waals surface area contributed by atoms with Gasteiger partial charge in [0.2, 0.25) is 5.91 Å². The summed E-state index contributed by atoms with van der Waals surface area (Å²) in [5, 5.41) is 3.45. The molecule has 0 aromatic carbocycles. The van der Waals surface area contributed by atoms with Crippen LogP contribution in [0.3, 0.4) is 0 Å². The lowest BCUT2D eigenvalue weighted by molar-refractivity contribution is -0.120. The van der Waals surface area contributed by atoms with Gasteiger partial charge in [0.1, 0.15) is 0 Å². The topological polar surface area (TPSA) is 46.2 Å². The summed E-state index contributed by atoms with van der Waals surface area (Å²) in [7, 11) is 6.09. The average Bonchev–Trinajstić information content (AvgIpc) is 2.52. The van der Waals surface area contributed by atoms with Crippen LogP contribution in [0.25, 0.3) is 0 Å². The van der Waals surface area contributed by atoms with Crippen molar-refractivity contribution in [3.8, 4) is 0 Å². The molecule has 0 radical (unpaired) electrons. The molecule has 1 unspecified atom stereocenters. The first-order chi connectivity index (χ1) is 11.1. The monoisotopic (exact) mass is 391 g/mol. The number of amides is 1. The molecule has 0 rings (SSSR count). The third-order valence-electron chi connectivity index (χ3n) is 4.36. The van der Waals surface area contributed by atoms with Gasteiger partial charge in [-0.05, 0) is 51.1 Å². The minimum atomic E-state index is 0.116. The fraction of sp³-hybridized carbons (Fsp3) is 0.882. The highest BCUT2D eigenvalue weighted by atomic mass is 33.1. The molecule has 0 heterocycles. The van der Waals surface area contributed by atoms with Gasteiger partial charge in [0.15, 0.2) is 7.85 Å². The number of carbonyl (C=O) groups is 2. The van der Waals surface area contributed by atoms with Crippen LogP contribution in [0.1, 0.15) is 73.1 Å². The zero-order valence-corrected chi connectivity index (χ0v) is 18.9. The molecule has 24 heavy (non-hydrogen) atoms. The lowest BCUT2D eigenvalue weighted by Gasteiger charge is -2.26. The van der Waals surface area contributed by atoms with E-state index in [2.05, 4.69) is 39.9 Å². The highest BCUT2D eigenvalue weighted by Crippen LogP contribution is 2.39. The van der Waals surface area contributed by atoms with Gasteiger partial charge in [-0.15, -0.1) is 0 Å². The molecule has 1 atom stereocenters. The molecule has 0 bridgehead atoms. The van der Waals surface area contributed by atoms with Crippen LogP contribution in [-0.2, 0) is 9.59 Å². The van der Waals surface area contributed by atoms with Crippen LogP contribution in [0.2, 0.25) is 0 Å². The fourth-order valence-corrected chi connectivity index (χ4v) is 5.83. The van der Waals surface area contributed by atoms with Gasteiger partial charge in [-0.3, -0.25) is 4.79 Å². The molecule has 0 aliphatic carbocycles. The van der Waals surface area contributed by atoms with Crippen molar-refractivity contribution >= 4 is 49.6 Å². The number of hydrogen-bond donors (Lipinski definition) is 1. The fourth-order valence-electron chi connectivity index (χ4n) is 1.96. The molecule has 140 valence electrons. The Morgan fingerprint density at radius 3 is 2.29 bits per heavy atom. The predicted octanol–water partition coefficient (Wildman–Crippen LogP) is 4.20. The number of nitrogens with one attached hydrogen (secondary N) is 1. The smallest absolute Gasteiger partial charge is 0.220 e. The van der Waals surface area contributed by atoms with Crippen molar-refractivity contribution < 1.29 is 9.59 Å². The molecule has 0 aromatic heterocycles. The number of rotatable bonds is 14. The van der Waals surface area contributed by atoms with Crippen LogP contribution < -0.4 is 5.32 Å². The maximum atomic E-state index is 11.9. The van der Waals surface area contributed by atoms with E-state index >= 15 is 0 Å². The summed E-state index contributed by atoms with van der Waals surface area (Å²) in [6.07, 6.45) is 6.25. The Morgan fingerprint density at radius 1 is 1.12 bits per heavy atom. The maximum absolute atomic E-state index is 11.9. The average molecular weight is 391 g/mol. The maximum Gasteiger partial charge on any atom is 0.220 e. The van der Waals surface area contributed by atoms with Crippen molar-refractivity contribution in [2.24, 2.45) is 0 Å². The van der Waals surface area contributed by atoms with E-state index in [1.807, 2.05) is 21.6 Å². The molecule has 1 amide bonds. The summed E-state index contributed by atoms with van der Waals surface area (Å²) >= 11 is 0. The van der Waals surface area contributed by atoms with Gasteiger partial charge in [0.25, 0.3) is 0 Å². The van der Waals surface area contributed by atoms with Gasteiger partial charge in [-0.2, -0.15) is 0 Å². The van der Waals surface area contributed by atoms with Crippen molar-refractivity contribution in [3.05, 3.63) is 0 Å². The third-order valence-corrected chi connectivity index (χ3v) is 9.71. The lowest BCUT2D eigenvalue weighted by atomic mass is 9.94. The third kappa shape index (κ3) is 12.7. The van der Waals surface area contributed by atoms with E-state index in [1.165, 1.54) is 12.8 Å². The zero-order valence-electron chi connectivity index (χ0n) is 16.3. The van der Waals surface area contributed by atoms with Gasteiger partial charge in [-0.25, -0.2) is 0 Å². The minimum Gasteiger partial charge on any atom is -0.352 e. The number of hydrogen-bond acceptors (Lipinski definition) is 4. The van der Waals surface area contributed by atoms with E-state index in [-0.39, 0.29) is 16.3 Å². The first-order valence-electron chi connectivity index (χ1n) is 8.96. The second kappa shape index (κ2) is 12.6. The molecule has 0 aliphatic heterocycles. The van der Waals surface area contributed by atoms with Crippen molar-refractivity contribution in [1.29, 1.82) is 0 Å². The van der Waals surface area contributed by atoms with Crippen molar-refractivity contribution in [1.82, 2.24) is 5.32 Å². The Kier molecular flexibility index (Phi) is 12.8. The van der Waals surface area contributed by atoms with Gasteiger partial charge < -0.3 is 10.1 Å². The molecule has 7 heteroatoms. The molecular weight excluding hydrogens is 356 g/mol. The highest BCUT2D eigenvalue weighted by molar-refractivity contribution is 8.77. The summed E-state index contributed by atoms with van der Waals surface area (Å²) in [6, 6.07) is 0. The van der Waals surface area contributed by atoms with Crippen LogP contribution in [-0.4, -0.2) is 41.4 Å². The van der Waals surface area contributed by atoms with E-state index in [9.17, 15) is 9.59 Å². The van der Waals surface area contributed by atoms with Crippen LogP contribution >= 0.6 is 30.2 Å². The molecule has 0 saturated heterocycles. The van der Waals surface area contributed by atoms with Gasteiger partial charge in [-0.1, -0.05) is 50.9 Å². The Bertz CT molecular complexity index is 391.